The van der Waals surface area contributed by atoms with Gasteiger partial charge in [0.2, 0.25) is 0 Å². The fourth-order valence-electron chi connectivity index (χ4n) is 2.96. The lowest BCUT2D eigenvalue weighted by molar-refractivity contribution is -0.146. The molecule has 4 rings (SSSR count). The van der Waals surface area contributed by atoms with Crippen LogP contribution < -0.4 is 0 Å². The van der Waals surface area contributed by atoms with Crippen LogP contribution >= 0.6 is 27.5 Å². The number of imidazole rings is 1. The summed E-state index contributed by atoms with van der Waals surface area (Å²) < 4.78 is 8.23. The van der Waals surface area contributed by atoms with Gasteiger partial charge in [-0.25, -0.2) is 9.98 Å². The standard InChI is InChI=1S/C19H13BrClN3O2/c1-11(25)26-19-18-22-8-9-24(18)16-7-6-12(20)10-14(16)17(23-19)13-4-2-3-5-15(13)21/h2-10,19H,1H3. The van der Waals surface area contributed by atoms with Crippen molar-refractivity contribution in [2.45, 2.75) is 13.2 Å². The highest BCUT2D eigenvalue weighted by atomic mass is 79.9. The van der Waals surface area contributed by atoms with E-state index in [1.807, 2.05) is 47.2 Å². The fourth-order valence-corrected chi connectivity index (χ4v) is 3.54. The lowest BCUT2D eigenvalue weighted by Crippen LogP contribution is -2.11. The second-order valence-electron chi connectivity index (χ2n) is 5.74. The number of nitrogens with zero attached hydrogens (tertiary/aromatic N) is 3. The maximum absolute atomic E-state index is 11.6. The van der Waals surface area contributed by atoms with Gasteiger partial charge in [0, 0.05) is 39.9 Å². The number of hydrogen-bond acceptors (Lipinski definition) is 4. The van der Waals surface area contributed by atoms with Crippen molar-refractivity contribution in [1.29, 1.82) is 0 Å². The van der Waals surface area contributed by atoms with Gasteiger partial charge < -0.3 is 4.74 Å². The maximum Gasteiger partial charge on any atom is 0.304 e. The molecule has 0 spiro atoms. The highest BCUT2D eigenvalue weighted by Gasteiger charge is 2.28. The number of fused-ring (bicyclic) bond motifs is 3. The molecule has 7 heteroatoms. The molecule has 0 fully saturated rings. The molecular weight excluding hydrogens is 418 g/mol. The minimum Gasteiger partial charge on any atom is -0.432 e. The fraction of sp³-hybridized carbons (Fsp3) is 0.105. The Labute approximate surface area is 163 Å². The second kappa shape index (κ2) is 6.70. The number of aromatic nitrogens is 2. The molecule has 130 valence electrons. The summed E-state index contributed by atoms with van der Waals surface area (Å²) in [6, 6.07) is 13.3. The normalized spacial score (nSPS) is 15.5. The summed E-state index contributed by atoms with van der Waals surface area (Å²) in [6.45, 7) is 1.35. The summed E-state index contributed by atoms with van der Waals surface area (Å²) in [6.07, 6.45) is 2.62. The van der Waals surface area contributed by atoms with E-state index in [1.54, 1.807) is 12.3 Å². The second-order valence-corrected chi connectivity index (χ2v) is 7.06. The van der Waals surface area contributed by atoms with Crippen molar-refractivity contribution in [3.05, 3.63) is 81.3 Å². The van der Waals surface area contributed by atoms with Crippen LogP contribution in [0.5, 0.6) is 0 Å². The smallest absolute Gasteiger partial charge is 0.304 e. The number of esters is 1. The van der Waals surface area contributed by atoms with Gasteiger partial charge in [0.15, 0.2) is 5.82 Å². The van der Waals surface area contributed by atoms with E-state index < -0.39 is 12.2 Å². The number of rotatable bonds is 2. The molecular formula is C19H13BrClN3O2. The van der Waals surface area contributed by atoms with Crippen molar-refractivity contribution in [1.82, 2.24) is 9.55 Å². The number of carbonyl (C=O) groups excluding carboxylic acids is 1. The van der Waals surface area contributed by atoms with E-state index in [-0.39, 0.29) is 0 Å². The van der Waals surface area contributed by atoms with Gasteiger partial charge in [-0.2, -0.15) is 0 Å². The van der Waals surface area contributed by atoms with Crippen LogP contribution in [0.3, 0.4) is 0 Å². The van der Waals surface area contributed by atoms with Crippen molar-refractivity contribution < 1.29 is 9.53 Å². The predicted octanol–water partition coefficient (Wildman–Crippen LogP) is 4.70. The van der Waals surface area contributed by atoms with E-state index in [1.165, 1.54) is 6.92 Å². The highest BCUT2D eigenvalue weighted by molar-refractivity contribution is 9.10. The largest absolute Gasteiger partial charge is 0.432 e. The van der Waals surface area contributed by atoms with Gasteiger partial charge in [-0.05, 0) is 24.3 Å². The minimum atomic E-state index is -0.861. The lowest BCUT2D eigenvalue weighted by Gasteiger charge is -2.13. The van der Waals surface area contributed by atoms with Crippen LogP contribution in [0.15, 0.2) is 64.3 Å². The van der Waals surface area contributed by atoms with Crippen LogP contribution in [0, 0.1) is 0 Å². The van der Waals surface area contributed by atoms with Gasteiger partial charge in [0.25, 0.3) is 6.23 Å². The highest BCUT2D eigenvalue weighted by Crippen LogP contribution is 2.33. The number of carbonyl (C=O) groups is 1. The molecule has 0 saturated carbocycles. The first kappa shape index (κ1) is 17.0. The summed E-state index contributed by atoms with van der Waals surface area (Å²) in [4.78, 5) is 20.7. The van der Waals surface area contributed by atoms with Crippen LogP contribution in [0.25, 0.3) is 5.69 Å². The van der Waals surface area contributed by atoms with Crippen molar-refractivity contribution in [2.24, 2.45) is 4.99 Å². The summed E-state index contributed by atoms with van der Waals surface area (Å²) in [5, 5.41) is 0.568. The summed E-state index contributed by atoms with van der Waals surface area (Å²) in [5.41, 5.74) is 3.15. The molecule has 2 aromatic carbocycles. The van der Waals surface area contributed by atoms with Crippen LogP contribution in [-0.4, -0.2) is 21.2 Å². The first-order valence-corrected chi connectivity index (χ1v) is 9.05. The van der Waals surface area contributed by atoms with E-state index >= 15 is 0 Å². The topological polar surface area (TPSA) is 56.5 Å². The average Bonchev–Trinajstić information content (AvgIpc) is 3.04. The number of hydrogen-bond donors (Lipinski definition) is 0. The Kier molecular flexibility index (Phi) is 4.38. The number of halogens is 2. The Bertz CT molecular complexity index is 1040. The third-order valence-corrected chi connectivity index (χ3v) is 4.84. The molecule has 2 heterocycles. The van der Waals surface area contributed by atoms with E-state index in [9.17, 15) is 4.79 Å². The van der Waals surface area contributed by atoms with Gasteiger partial charge in [0.1, 0.15) is 0 Å². The zero-order valence-corrected chi connectivity index (χ0v) is 16.0. The Balaban J connectivity index is 2.03. The molecule has 0 amide bonds. The molecule has 1 aliphatic heterocycles. The number of aliphatic imine (C=N–C) groups is 1. The first-order chi connectivity index (χ1) is 12.5. The van der Waals surface area contributed by atoms with Crippen LogP contribution in [0.2, 0.25) is 5.02 Å². The predicted molar refractivity (Wildman–Crippen MR) is 103 cm³/mol. The Morgan fingerprint density at radius 1 is 1.23 bits per heavy atom. The molecule has 3 aromatic rings. The van der Waals surface area contributed by atoms with Crippen molar-refractivity contribution in [2.75, 3.05) is 0 Å². The van der Waals surface area contributed by atoms with Crippen molar-refractivity contribution in [3.63, 3.8) is 0 Å². The molecule has 0 aliphatic carbocycles. The molecule has 1 aliphatic rings. The zero-order valence-electron chi connectivity index (χ0n) is 13.7. The van der Waals surface area contributed by atoms with E-state index in [0.717, 1.165) is 21.3 Å². The lowest BCUT2D eigenvalue weighted by atomic mass is 10.0. The first-order valence-electron chi connectivity index (χ1n) is 7.88. The minimum absolute atomic E-state index is 0.432. The molecule has 1 unspecified atom stereocenters. The summed E-state index contributed by atoms with van der Waals surface area (Å²) in [7, 11) is 0. The van der Waals surface area contributed by atoms with E-state index in [4.69, 9.17) is 21.3 Å². The molecule has 0 saturated heterocycles. The molecule has 1 aromatic heterocycles. The number of benzene rings is 2. The zero-order chi connectivity index (χ0) is 18.3. The van der Waals surface area contributed by atoms with Crippen LogP contribution in [-0.2, 0) is 9.53 Å². The molecule has 0 bridgehead atoms. The van der Waals surface area contributed by atoms with E-state index in [2.05, 4.69) is 20.9 Å². The third-order valence-electron chi connectivity index (χ3n) is 4.02. The molecule has 0 radical (unpaired) electrons. The SMILES string of the molecule is CC(=O)OC1N=C(c2ccccc2Cl)c2cc(Br)ccc2-n2ccnc21. The van der Waals surface area contributed by atoms with Gasteiger partial charge >= 0.3 is 5.97 Å². The Morgan fingerprint density at radius 3 is 2.81 bits per heavy atom. The monoisotopic (exact) mass is 429 g/mol. The molecule has 5 nitrogen and oxygen atoms in total. The third kappa shape index (κ3) is 2.95. The summed E-state index contributed by atoms with van der Waals surface area (Å²) >= 11 is 9.96. The van der Waals surface area contributed by atoms with Crippen molar-refractivity contribution >= 4 is 39.2 Å². The Hall–Kier alpha value is -2.44. The summed E-state index contributed by atoms with van der Waals surface area (Å²) in [5.74, 6) is 0.102. The van der Waals surface area contributed by atoms with Crippen LogP contribution in [0.4, 0.5) is 0 Å². The molecule has 26 heavy (non-hydrogen) atoms. The average molecular weight is 431 g/mol. The van der Waals surface area contributed by atoms with E-state index in [0.29, 0.717) is 16.6 Å². The van der Waals surface area contributed by atoms with Gasteiger partial charge in [-0.3, -0.25) is 9.36 Å². The van der Waals surface area contributed by atoms with Crippen LogP contribution in [0.1, 0.15) is 30.1 Å². The molecule has 0 N–H and O–H groups in total. The van der Waals surface area contributed by atoms with Crippen molar-refractivity contribution in [3.8, 4) is 5.69 Å². The van der Waals surface area contributed by atoms with Gasteiger partial charge in [-0.1, -0.05) is 45.7 Å². The number of ether oxygens (including phenoxy) is 1. The quantitative estimate of drug-likeness (QED) is 0.554. The van der Waals surface area contributed by atoms with Gasteiger partial charge in [-0.15, -0.1) is 0 Å². The van der Waals surface area contributed by atoms with Gasteiger partial charge in [0.05, 0.1) is 11.4 Å². The Morgan fingerprint density at radius 2 is 2.04 bits per heavy atom. The molecule has 1 atom stereocenters. The maximum atomic E-state index is 11.6.